The molecule has 0 bridgehead atoms. The number of urea groups is 1. The molecule has 3 N–H and O–H groups in total. The highest BCUT2D eigenvalue weighted by Gasteiger charge is 2.45. The summed E-state index contributed by atoms with van der Waals surface area (Å²) < 4.78 is 24.3. The van der Waals surface area contributed by atoms with Crippen LogP contribution in [0.2, 0.25) is 0 Å². The summed E-state index contributed by atoms with van der Waals surface area (Å²) in [6, 6.07) is 3.20. The van der Waals surface area contributed by atoms with E-state index in [0.717, 1.165) is 6.07 Å². The number of rotatable bonds is 5. The first-order valence-corrected chi connectivity index (χ1v) is 9.08. The third kappa shape index (κ3) is 6.26. The minimum atomic E-state index is -1.24. The van der Waals surface area contributed by atoms with Crippen molar-refractivity contribution in [1.29, 1.82) is 0 Å². The summed E-state index contributed by atoms with van der Waals surface area (Å²) >= 11 is 0. The molecule has 1 aromatic carbocycles. The van der Waals surface area contributed by atoms with Gasteiger partial charge in [-0.05, 0) is 46.8 Å². The maximum Gasteiger partial charge on any atom is 0.410 e. The average Bonchev–Trinajstić information content (AvgIpc) is 2.51. The molecule has 0 atom stereocenters. The smallest absolute Gasteiger partial charge is 0.410 e. The molecule has 9 heteroatoms. The molecule has 1 saturated heterocycles. The first-order chi connectivity index (χ1) is 12.9. The van der Waals surface area contributed by atoms with E-state index in [9.17, 15) is 19.1 Å². The number of hydrogen-bond donors (Lipinski definition) is 3. The molecule has 0 unspecified atom stereocenters. The maximum absolute atomic E-state index is 13.5. The van der Waals surface area contributed by atoms with Gasteiger partial charge in [0.05, 0.1) is 31.4 Å². The molecule has 0 saturated carbocycles. The number of carbonyl (C=O) groups excluding carboxylic acids is 2. The summed E-state index contributed by atoms with van der Waals surface area (Å²) in [6.45, 7) is 8.92. The quantitative estimate of drug-likeness (QED) is 0.709. The topological polar surface area (TPSA) is 100 Å². The third-order valence-corrected chi connectivity index (χ3v) is 3.75. The zero-order chi connectivity index (χ0) is 21.1. The number of likely N-dealkylation sites (tertiary alicyclic amines) is 1. The number of aliphatic hydroxyl groups is 1. The largest absolute Gasteiger partial charge is 0.489 e. The highest BCUT2D eigenvalue weighted by atomic mass is 19.1. The van der Waals surface area contributed by atoms with Crippen LogP contribution in [0.1, 0.15) is 34.6 Å². The van der Waals surface area contributed by atoms with Crippen molar-refractivity contribution in [1.82, 2.24) is 10.2 Å². The standard InChI is InChI=1S/C19H28FN3O5/c1-12(2)27-15-7-6-13(20)8-14(15)22-16(24)21-9-19(26)10-23(11-19)17(25)28-18(3,4)5/h6-8,12,26H,9-11H2,1-5H3,(H2,21,22,24). The molecule has 0 spiro atoms. The van der Waals surface area contributed by atoms with Gasteiger partial charge in [-0.2, -0.15) is 0 Å². The van der Waals surface area contributed by atoms with Crippen LogP contribution in [0.5, 0.6) is 5.75 Å². The van der Waals surface area contributed by atoms with Crippen LogP contribution in [0.4, 0.5) is 19.7 Å². The van der Waals surface area contributed by atoms with E-state index in [4.69, 9.17) is 9.47 Å². The van der Waals surface area contributed by atoms with E-state index in [0.29, 0.717) is 5.75 Å². The lowest BCUT2D eigenvalue weighted by Gasteiger charge is -2.46. The molecule has 0 radical (unpaired) electrons. The van der Waals surface area contributed by atoms with Crippen LogP contribution in [0.3, 0.4) is 0 Å². The molecule has 156 valence electrons. The van der Waals surface area contributed by atoms with Gasteiger partial charge in [0, 0.05) is 6.07 Å². The molecule has 1 aliphatic rings. The van der Waals surface area contributed by atoms with Crippen LogP contribution in [0.15, 0.2) is 18.2 Å². The van der Waals surface area contributed by atoms with Crippen molar-refractivity contribution in [2.45, 2.75) is 51.9 Å². The van der Waals surface area contributed by atoms with Gasteiger partial charge in [-0.25, -0.2) is 14.0 Å². The Labute approximate surface area is 164 Å². The zero-order valence-electron chi connectivity index (χ0n) is 16.8. The molecule has 1 fully saturated rings. The zero-order valence-corrected chi connectivity index (χ0v) is 16.8. The highest BCUT2D eigenvalue weighted by Crippen LogP contribution is 2.27. The first kappa shape index (κ1) is 21.7. The van der Waals surface area contributed by atoms with E-state index < -0.39 is 29.1 Å². The lowest BCUT2D eigenvalue weighted by molar-refractivity contribution is -0.0944. The van der Waals surface area contributed by atoms with Crippen molar-refractivity contribution < 1.29 is 28.6 Å². The van der Waals surface area contributed by atoms with Gasteiger partial charge < -0.3 is 30.1 Å². The predicted molar refractivity (Wildman–Crippen MR) is 102 cm³/mol. The summed E-state index contributed by atoms with van der Waals surface area (Å²) in [7, 11) is 0. The Morgan fingerprint density at radius 1 is 1.32 bits per heavy atom. The van der Waals surface area contributed by atoms with E-state index in [1.54, 1.807) is 20.8 Å². The van der Waals surface area contributed by atoms with Gasteiger partial charge in [-0.1, -0.05) is 0 Å². The van der Waals surface area contributed by atoms with Crippen molar-refractivity contribution in [2.75, 3.05) is 25.0 Å². The number of amides is 3. The van der Waals surface area contributed by atoms with Crippen molar-refractivity contribution >= 4 is 17.8 Å². The van der Waals surface area contributed by atoms with Gasteiger partial charge in [-0.15, -0.1) is 0 Å². The molecule has 1 aromatic rings. The van der Waals surface area contributed by atoms with Crippen LogP contribution < -0.4 is 15.4 Å². The van der Waals surface area contributed by atoms with Gasteiger partial charge in [0.15, 0.2) is 0 Å². The maximum atomic E-state index is 13.5. The average molecular weight is 397 g/mol. The second kappa shape index (κ2) is 8.22. The summed E-state index contributed by atoms with van der Waals surface area (Å²) in [5.74, 6) is -0.179. The monoisotopic (exact) mass is 397 g/mol. The fourth-order valence-corrected chi connectivity index (χ4v) is 2.60. The summed E-state index contributed by atoms with van der Waals surface area (Å²) in [4.78, 5) is 25.4. The fraction of sp³-hybridized carbons (Fsp3) is 0.579. The summed E-state index contributed by atoms with van der Waals surface area (Å²) in [5, 5.41) is 15.4. The Hall–Kier alpha value is -2.55. The van der Waals surface area contributed by atoms with Gasteiger partial charge in [-0.3, -0.25) is 0 Å². The van der Waals surface area contributed by atoms with Gasteiger partial charge in [0.25, 0.3) is 0 Å². The number of carbonyl (C=O) groups is 2. The Morgan fingerprint density at radius 2 is 1.96 bits per heavy atom. The van der Waals surface area contributed by atoms with E-state index in [-0.39, 0.29) is 31.4 Å². The number of nitrogens with one attached hydrogen (secondary N) is 2. The molecule has 2 rings (SSSR count). The lowest BCUT2D eigenvalue weighted by Crippen LogP contribution is -2.68. The highest BCUT2D eigenvalue weighted by molar-refractivity contribution is 5.91. The normalized spacial score (nSPS) is 15.6. The van der Waals surface area contributed by atoms with E-state index in [1.165, 1.54) is 17.0 Å². The second-order valence-electron chi connectivity index (χ2n) is 8.18. The van der Waals surface area contributed by atoms with Crippen molar-refractivity contribution in [3.8, 4) is 5.75 Å². The Balaban J connectivity index is 1.85. The second-order valence-corrected chi connectivity index (χ2v) is 8.18. The van der Waals surface area contributed by atoms with Crippen LogP contribution in [-0.4, -0.2) is 59.1 Å². The number of halogens is 1. The van der Waals surface area contributed by atoms with E-state index in [1.807, 2.05) is 13.8 Å². The van der Waals surface area contributed by atoms with Crippen LogP contribution in [-0.2, 0) is 4.74 Å². The Morgan fingerprint density at radius 3 is 2.54 bits per heavy atom. The molecule has 1 aliphatic heterocycles. The van der Waals surface area contributed by atoms with Crippen molar-refractivity contribution in [3.63, 3.8) is 0 Å². The molecule has 28 heavy (non-hydrogen) atoms. The number of nitrogens with zero attached hydrogens (tertiary/aromatic N) is 1. The molecule has 0 aromatic heterocycles. The number of β-amino-alcohol motifs (C(OH)–C–C–N with tert-alkyl or cyclic N) is 1. The Kier molecular flexibility index (Phi) is 6.38. The molecule has 0 aliphatic carbocycles. The first-order valence-electron chi connectivity index (χ1n) is 9.08. The number of hydrogen-bond acceptors (Lipinski definition) is 5. The van der Waals surface area contributed by atoms with Crippen LogP contribution in [0.25, 0.3) is 0 Å². The predicted octanol–water partition coefficient (Wildman–Crippen LogP) is 2.72. The summed E-state index contributed by atoms with van der Waals surface area (Å²) in [5.41, 5.74) is -1.68. The van der Waals surface area contributed by atoms with Crippen molar-refractivity contribution in [2.24, 2.45) is 0 Å². The van der Waals surface area contributed by atoms with Crippen LogP contribution in [0, 0.1) is 5.82 Å². The SMILES string of the molecule is CC(C)Oc1ccc(F)cc1NC(=O)NCC1(O)CN(C(=O)OC(C)(C)C)C1. The molecule has 1 heterocycles. The van der Waals surface area contributed by atoms with E-state index in [2.05, 4.69) is 10.6 Å². The Bertz CT molecular complexity index is 727. The minimum absolute atomic E-state index is 0.0455. The summed E-state index contributed by atoms with van der Waals surface area (Å²) in [6.07, 6.45) is -0.666. The van der Waals surface area contributed by atoms with E-state index >= 15 is 0 Å². The number of benzene rings is 1. The van der Waals surface area contributed by atoms with Crippen molar-refractivity contribution in [3.05, 3.63) is 24.0 Å². The third-order valence-electron chi connectivity index (χ3n) is 3.75. The molecular weight excluding hydrogens is 369 g/mol. The molecule has 3 amide bonds. The number of ether oxygens (including phenoxy) is 2. The van der Waals surface area contributed by atoms with Gasteiger partial charge >= 0.3 is 12.1 Å². The molecule has 8 nitrogen and oxygen atoms in total. The lowest BCUT2D eigenvalue weighted by atomic mass is 9.95. The fourth-order valence-electron chi connectivity index (χ4n) is 2.60. The number of anilines is 1. The van der Waals surface area contributed by atoms with Gasteiger partial charge in [0.1, 0.15) is 22.8 Å². The molecular formula is C19H28FN3O5. The van der Waals surface area contributed by atoms with Gasteiger partial charge in [0.2, 0.25) is 0 Å². The van der Waals surface area contributed by atoms with Crippen LogP contribution >= 0.6 is 0 Å². The minimum Gasteiger partial charge on any atom is -0.489 e.